The molecule has 0 heterocycles. The highest BCUT2D eigenvalue weighted by atomic mass is 79.9. The molecule has 0 aromatic heterocycles. The van der Waals surface area contributed by atoms with E-state index in [2.05, 4.69) is 57.2 Å². The Bertz CT molecular complexity index is 342. The number of nitrogens with one attached hydrogen (secondary N) is 1. The molecule has 1 rings (SSSR count). The van der Waals surface area contributed by atoms with Crippen LogP contribution in [-0.4, -0.2) is 0 Å². The van der Waals surface area contributed by atoms with Gasteiger partial charge in [0.1, 0.15) is 0 Å². The Morgan fingerprint density at radius 1 is 1.38 bits per heavy atom. The maximum atomic E-state index is 5.67. The molecular weight excluding hydrogens is 332 g/mol. The maximum Gasteiger partial charge on any atom is 0.0497 e. The zero-order valence-corrected chi connectivity index (χ0v) is 12.8. The molecule has 0 spiro atoms. The van der Waals surface area contributed by atoms with E-state index in [9.17, 15) is 0 Å². The minimum absolute atomic E-state index is 0.187. The average molecular weight is 350 g/mol. The fourth-order valence-corrected chi connectivity index (χ4v) is 2.81. The first-order valence-corrected chi connectivity index (χ1v) is 7.09. The second-order valence-electron chi connectivity index (χ2n) is 4.08. The predicted octanol–water partition coefficient (Wildman–Crippen LogP) is 4.15. The second kappa shape index (κ2) is 6.74. The quantitative estimate of drug-likeness (QED) is 0.619. The van der Waals surface area contributed by atoms with Gasteiger partial charge < -0.3 is 0 Å². The number of benzene rings is 1. The minimum Gasteiger partial charge on any atom is -0.271 e. The van der Waals surface area contributed by atoms with Gasteiger partial charge in [0, 0.05) is 15.0 Å². The van der Waals surface area contributed by atoms with E-state index < -0.39 is 0 Å². The predicted molar refractivity (Wildman–Crippen MR) is 76.0 cm³/mol. The number of halogens is 2. The number of rotatable bonds is 5. The highest BCUT2D eigenvalue weighted by Crippen LogP contribution is 2.32. The minimum atomic E-state index is 0.187. The molecule has 0 amide bonds. The van der Waals surface area contributed by atoms with Gasteiger partial charge in [-0.1, -0.05) is 52.1 Å². The Hall–Kier alpha value is 0.1000. The molecule has 3 N–H and O–H groups in total. The Morgan fingerprint density at radius 2 is 2.06 bits per heavy atom. The summed E-state index contributed by atoms with van der Waals surface area (Å²) in [5.74, 6) is 6.18. The summed E-state index contributed by atoms with van der Waals surface area (Å²) in [4.78, 5) is 0. The Labute approximate surface area is 114 Å². The monoisotopic (exact) mass is 348 g/mol. The molecule has 0 aliphatic rings. The summed E-state index contributed by atoms with van der Waals surface area (Å²) in [6, 6.07) is 6.36. The first-order valence-electron chi connectivity index (χ1n) is 5.51. The van der Waals surface area contributed by atoms with Gasteiger partial charge in [0.25, 0.3) is 0 Å². The van der Waals surface area contributed by atoms with Gasteiger partial charge in [-0.3, -0.25) is 11.3 Å². The fraction of sp³-hybridized carbons (Fsp3) is 0.500. The first-order chi connectivity index (χ1) is 7.60. The van der Waals surface area contributed by atoms with E-state index in [-0.39, 0.29) is 6.04 Å². The lowest BCUT2D eigenvalue weighted by molar-refractivity contribution is 0.367. The topological polar surface area (TPSA) is 38.0 Å². The van der Waals surface area contributed by atoms with Crippen LogP contribution < -0.4 is 11.3 Å². The Balaban J connectivity index is 2.98. The van der Waals surface area contributed by atoms with Crippen LogP contribution in [0.15, 0.2) is 27.1 Å². The van der Waals surface area contributed by atoms with Crippen molar-refractivity contribution in [1.29, 1.82) is 0 Å². The summed E-state index contributed by atoms with van der Waals surface area (Å²) in [6.07, 6.45) is 2.33. The van der Waals surface area contributed by atoms with Gasteiger partial charge in [-0.05, 0) is 36.1 Å². The lowest BCUT2D eigenvalue weighted by atomic mass is 9.91. The molecule has 16 heavy (non-hydrogen) atoms. The third-order valence-corrected chi connectivity index (χ3v) is 4.00. The molecule has 1 aromatic rings. The van der Waals surface area contributed by atoms with Crippen molar-refractivity contribution in [3.8, 4) is 0 Å². The molecule has 0 fully saturated rings. The van der Waals surface area contributed by atoms with Gasteiger partial charge in [-0.15, -0.1) is 0 Å². The molecule has 2 unspecified atom stereocenters. The van der Waals surface area contributed by atoms with Crippen LogP contribution in [0.1, 0.15) is 38.3 Å². The van der Waals surface area contributed by atoms with Crippen molar-refractivity contribution < 1.29 is 0 Å². The molecule has 2 atom stereocenters. The van der Waals surface area contributed by atoms with Crippen LogP contribution in [0, 0.1) is 5.92 Å². The van der Waals surface area contributed by atoms with Crippen LogP contribution in [0.3, 0.4) is 0 Å². The van der Waals surface area contributed by atoms with Crippen LogP contribution in [0.2, 0.25) is 0 Å². The van der Waals surface area contributed by atoms with Gasteiger partial charge in [0.2, 0.25) is 0 Å². The van der Waals surface area contributed by atoms with Crippen molar-refractivity contribution in [3.63, 3.8) is 0 Å². The molecule has 90 valence electrons. The van der Waals surface area contributed by atoms with Crippen LogP contribution in [0.5, 0.6) is 0 Å². The van der Waals surface area contributed by atoms with Crippen molar-refractivity contribution >= 4 is 31.9 Å². The van der Waals surface area contributed by atoms with Crippen LogP contribution in [0.4, 0.5) is 0 Å². The number of hydrogen-bond acceptors (Lipinski definition) is 2. The Kier molecular flexibility index (Phi) is 5.97. The highest BCUT2D eigenvalue weighted by Gasteiger charge is 2.19. The normalized spacial score (nSPS) is 14.8. The molecule has 4 heteroatoms. The van der Waals surface area contributed by atoms with Gasteiger partial charge in [0.05, 0.1) is 0 Å². The molecule has 1 aromatic carbocycles. The summed E-state index contributed by atoms with van der Waals surface area (Å²) >= 11 is 7.07. The highest BCUT2D eigenvalue weighted by molar-refractivity contribution is 9.11. The van der Waals surface area contributed by atoms with Crippen molar-refractivity contribution in [2.24, 2.45) is 11.8 Å². The molecular formula is C12H18Br2N2. The van der Waals surface area contributed by atoms with Crippen molar-refractivity contribution in [1.82, 2.24) is 5.43 Å². The second-order valence-corrected chi connectivity index (χ2v) is 5.85. The number of nitrogens with two attached hydrogens (primary N) is 1. The van der Waals surface area contributed by atoms with Gasteiger partial charge in [-0.25, -0.2) is 0 Å². The lowest BCUT2D eigenvalue weighted by Gasteiger charge is -2.24. The molecule has 0 bridgehead atoms. The first kappa shape index (κ1) is 14.2. The van der Waals surface area contributed by atoms with E-state index >= 15 is 0 Å². The van der Waals surface area contributed by atoms with Crippen LogP contribution in [0.25, 0.3) is 0 Å². The third kappa shape index (κ3) is 3.55. The zero-order chi connectivity index (χ0) is 12.1. The molecule has 0 saturated heterocycles. The van der Waals surface area contributed by atoms with Crippen molar-refractivity contribution in [3.05, 3.63) is 32.7 Å². The van der Waals surface area contributed by atoms with Crippen molar-refractivity contribution in [2.45, 2.75) is 32.7 Å². The summed E-state index contributed by atoms with van der Waals surface area (Å²) in [6.45, 7) is 4.42. The largest absolute Gasteiger partial charge is 0.271 e. The van der Waals surface area contributed by atoms with Crippen LogP contribution >= 0.6 is 31.9 Å². The molecule has 0 saturated carbocycles. The lowest BCUT2D eigenvalue weighted by Crippen LogP contribution is -2.32. The van der Waals surface area contributed by atoms with Gasteiger partial charge in [0.15, 0.2) is 0 Å². The number of hydrogen-bond donors (Lipinski definition) is 2. The van der Waals surface area contributed by atoms with E-state index in [0.717, 1.165) is 15.4 Å². The summed E-state index contributed by atoms with van der Waals surface area (Å²) < 4.78 is 2.18. The average Bonchev–Trinajstić information content (AvgIpc) is 2.24. The SMILES string of the molecule is CCCC(C)C(NN)c1cc(Br)ccc1Br. The summed E-state index contributed by atoms with van der Waals surface area (Å²) in [5, 5.41) is 0. The van der Waals surface area contributed by atoms with Crippen LogP contribution in [-0.2, 0) is 0 Å². The standard InChI is InChI=1S/C12H18Br2N2/c1-3-4-8(2)12(16-15)10-7-9(13)5-6-11(10)14/h5-8,12,16H,3-4,15H2,1-2H3. The van der Waals surface area contributed by atoms with E-state index in [1.807, 2.05) is 12.1 Å². The summed E-state index contributed by atoms with van der Waals surface area (Å²) in [7, 11) is 0. The summed E-state index contributed by atoms with van der Waals surface area (Å²) in [5.41, 5.74) is 4.13. The molecule has 2 nitrogen and oxygen atoms in total. The van der Waals surface area contributed by atoms with Crippen molar-refractivity contribution in [2.75, 3.05) is 0 Å². The molecule has 0 aliphatic carbocycles. The smallest absolute Gasteiger partial charge is 0.0497 e. The molecule has 0 aliphatic heterocycles. The zero-order valence-electron chi connectivity index (χ0n) is 9.63. The van der Waals surface area contributed by atoms with Gasteiger partial charge >= 0.3 is 0 Å². The van der Waals surface area contributed by atoms with E-state index in [4.69, 9.17) is 5.84 Å². The van der Waals surface area contributed by atoms with E-state index in [1.165, 1.54) is 12.0 Å². The number of hydrazine groups is 1. The van der Waals surface area contributed by atoms with Gasteiger partial charge in [-0.2, -0.15) is 0 Å². The van der Waals surface area contributed by atoms with E-state index in [1.54, 1.807) is 0 Å². The van der Waals surface area contributed by atoms with E-state index in [0.29, 0.717) is 5.92 Å². The Morgan fingerprint density at radius 3 is 2.62 bits per heavy atom. The molecule has 0 radical (unpaired) electrons. The maximum absolute atomic E-state index is 5.67. The fourth-order valence-electron chi connectivity index (χ4n) is 1.94. The third-order valence-electron chi connectivity index (χ3n) is 2.79.